The van der Waals surface area contributed by atoms with Gasteiger partial charge in [-0.2, -0.15) is 0 Å². The summed E-state index contributed by atoms with van der Waals surface area (Å²) in [5, 5.41) is 3.46. The summed E-state index contributed by atoms with van der Waals surface area (Å²) in [5.41, 5.74) is 0.469. The van der Waals surface area contributed by atoms with Crippen LogP contribution >= 0.6 is 0 Å². The molecule has 0 saturated carbocycles. The molecule has 0 aliphatic rings. The second-order valence-corrected chi connectivity index (χ2v) is 7.06. The van der Waals surface area contributed by atoms with Gasteiger partial charge in [-0.25, -0.2) is 0 Å². The molecule has 0 aromatic rings. The molecule has 0 fully saturated rings. The van der Waals surface area contributed by atoms with E-state index in [9.17, 15) is 0 Å². The molecular weight excluding hydrogens is 265 g/mol. The van der Waals surface area contributed by atoms with Gasteiger partial charge in [0.15, 0.2) is 0 Å². The van der Waals surface area contributed by atoms with Crippen molar-refractivity contribution in [3.63, 3.8) is 0 Å². The molecule has 0 rings (SSSR count). The molecule has 0 aromatic carbocycles. The van der Waals surface area contributed by atoms with Gasteiger partial charge in [0.25, 0.3) is 0 Å². The fourth-order valence-corrected chi connectivity index (χ4v) is 1.12. The number of hydrogen-bond acceptors (Lipinski definition) is 1. The maximum absolute atomic E-state index is 3.46. The van der Waals surface area contributed by atoms with Gasteiger partial charge in [-0.3, -0.25) is 0 Å². The van der Waals surface area contributed by atoms with Crippen LogP contribution in [0.3, 0.4) is 0 Å². The Hall–Kier alpha value is 0.759. The second-order valence-electron chi connectivity index (χ2n) is 5.41. The first-order valence-electron chi connectivity index (χ1n) is 5.12. The molecule has 13 heavy (non-hydrogen) atoms. The van der Waals surface area contributed by atoms with E-state index < -0.39 is 0 Å². The van der Waals surface area contributed by atoms with Gasteiger partial charge in [0.2, 0.25) is 0 Å². The molecule has 80 valence electrons. The third kappa shape index (κ3) is 24.5. The molecule has 0 unspecified atom stereocenters. The molecule has 1 N–H and O–H groups in total. The summed E-state index contributed by atoms with van der Waals surface area (Å²) in [6.07, 6.45) is 1.38. The Morgan fingerprint density at radius 3 is 1.15 bits per heavy atom. The zero-order chi connectivity index (χ0) is 11.1. The Kier molecular flexibility index (Phi) is 8.85. The van der Waals surface area contributed by atoms with Crippen LogP contribution in [0.4, 0.5) is 0 Å². The zero-order valence-electron chi connectivity index (χ0n) is 10.5. The van der Waals surface area contributed by atoms with Crippen molar-refractivity contribution in [2.75, 3.05) is 0 Å². The van der Waals surface area contributed by atoms with Crippen molar-refractivity contribution < 1.29 is 0 Å². The van der Waals surface area contributed by atoms with E-state index in [1.54, 1.807) is 0 Å². The molecule has 2 radical (unpaired) electrons. The molecule has 2 heteroatoms. The molecular formula is C11H27NSn. The van der Waals surface area contributed by atoms with Crippen LogP contribution in [0.25, 0.3) is 0 Å². The van der Waals surface area contributed by atoms with Crippen molar-refractivity contribution in [1.82, 2.24) is 5.32 Å². The molecule has 0 atom stereocenters. The Morgan fingerprint density at radius 2 is 1.15 bits per heavy atom. The Balaban J connectivity index is 0. The summed E-state index contributed by atoms with van der Waals surface area (Å²) in [6.45, 7) is 15.3. The van der Waals surface area contributed by atoms with Crippen molar-refractivity contribution >= 4 is 22.5 Å². The predicted molar refractivity (Wildman–Crippen MR) is 64.9 cm³/mol. The van der Waals surface area contributed by atoms with Crippen LogP contribution in [0, 0.1) is 0 Å². The molecule has 0 aliphatic carbocycles. The molecule has 0 amide bonds. The van der Waals surface area contributed by atoms with Gasteiger partial charge in [0, 0.05) is 11.1 Å². The summed E-state index contributed by atoms with van der Waals surface area (Å²) in [5.74, 6) is 0. The van der Waals surface area contributed by atoms with Gasteiger partial charge in [0.1, 0.15) is 0 Å². The Morgan fingerprint density at radius 1 is 0.923 bits per heavy atom. The average Bonchev–Trinajstić information content (AvgIpc) is 1.80. The fourth-order valence-electron chi connectivity index (χ4n) is 1.12. The van der Waals surface area contributed by atoms with Gasteiger partial charge < -0.3 is 5.32 Å². The Labute approximate surface area is 98.2 Å². The minimum absolute atomic E-state index is 0.234. The number of rotatable bonds is 1. The van der Waals surface area contributed by atoms with E-state index in [2.05, 4.69) is 53.8 Å². The van der Waals surface area contributed by atoms with Crippen LogP contribution in [0.2, 0.25) is 4.44 Å². The van der Waals surface area contributed by atoms with Crippen molar-refractivity contribution in [1.29, 1.82) is 0 Å². The predicted octanol–water partition coefficient (Wildman–Crippen LogP) is 2.89. The zero-order valence-corrected chi connectivity index (χ0v) is 13.8. The number of hydrogen-bond donors (Lipinski definition) is 1. The summed E-state index contributed by atoms with van der Waals surface area (Å²) < 4.78 is 1.45. The van der Waals surface area contributed by atoms with E-state index in [-0.39, 0.29) is 11.1 Å². The van der Waals surface area contributed by atoms with E-state index in [4.69, 9.17) is 0 Å². The van der Waals surface area contributed by atoms with Crippen LogP contribution < -0.4 is 5.32 Å². The van der Waals surface area contributed by atoms with E-state index in [0.717, 1.165) is 0 Å². The molecule has 0 aliphatic heterocycles. The summed E-state index contributed by atoms with van der Waals surface area (Å²) in [6, 6.07) is 0. The third-order valence-corrected chi connectivity index (χ3v) is 2.69. The SMILES string of the molecule is CC(C)(C)NC(C)(C)C.CC[CH2][SnH]. The molecule has 0 heterocycles. The van der Waals surface area contributed by atoms with Crippen LogP contribution in [-0.2, 0) is 0 Å². The van der Waals surface area contributed by atoms with Crippen LogP contribution in [0.1, 0.15) is 54.9 Å². The second kappa shape index (κ2) is 7.10. The van der Waals surface area contributed by atoms with Gasteiger partial charge in [-0.15, -0.1) is 0 Å². The molecule has 0 saturated heterocycles. The molecule has 0 aromatic heterocycles. The standard InChI is InChI=1S/C8H19N.C3H7.Sn.H/c1-7(2,3)9-8(4,5)6;1-3-2;;/h9H,1-6H3;1,3H2,2H3;;. The van der Waals surface area contributed by atoms with Crippen molar-refractivity contribution in [2.24, 2.45) is 0 Å². The van der Waals surface area contributed by atoms with Crippen molar-refractivity contribution in [2.45, 2.75) is 70.4 Å². The van der Waals surface area contributed by atoms with Gasteiger partial charge in [0.05, 0.1) is 0 Å². The summed E-state index contributed by atoms with van der Waals surface area (Å²) in [4.78, 5) is 0. The topological polar surface area (TPSA) is 12.0 Å². The average molecular weight is 292 g/mol. The fraction of sp³-hybridized carbons (Fsp3) is 1.00. The first-order chi connectivity index (χ1) is 5.62. The first kappa shape index (κ1) is 16.2. The van der Waals surface area contributed by atoms with Crippen LogP contribution in [0.15, 0.2) is 0 Å². The van der Waals surface area contributed by atoms with Crippen LogP contribution in [-0.4, -0.2) is 33.6 Å². The normalized spacial score (nSPS) is 12.0. The minimum atomic E-state index is 0.234. The van der Waals surface area contributed by atoms with Gasteiger partial charge in [-0.05, 0) is 41.5 Å². The molecule has 1 nitrogen and oxygen atoms in total. The van der Waals surface area contributed by atoms with Gasteiger partial charge in [-0.1, -0.05) is 0 Å². The molecule has 0 bridgehead atoms. The maximum atomic E-state index is 3.46. The molecule has 0 spiro atoms. The van der Waals surface area contributed by atoms with Crippen molar-refractivity contribution in [3.8, 4) is 0 Å². The Bertz CT molecular complexity index is 94.2. The van der Waals surface area contributed by atoms with Gasteiger partial charge >= 0.3 is 40.3 Å². The van der Waals surface area contributed by atoms with E-state index in [1.165, 1.54) is 33.4 Å². The monoisotopic (exact) mass is 293 g/mol. The summed E-state index contributed by atoms with van der Waals surface area (Å²) >= 11 is 1.44. The first-order valence-corrected chi connectivity index (χ1v) is 7.45. The number of nitrogens with one attached hydrogen (secondary N) is 1. The summed E-state index contributed by atoms with van der Waals surface area (Å²) in [7, 11) is 0. The van der Waals surface area contributed by atoms with Crippen LogP contribution in [0.5, 0.6) is 0 Å². The van der Waals surface area contributed by atoms with E-state index in [1.807, 2.05) is 0 Å². The third-order valence-electron chi connectivity index (χ3n) is 1.04. The van der Waals surface area contributed by atoms with E-state index >= 15 is 0 Å². The van der Waals surface area contributed by atoms with Crippen molar-refractivity contribution in [3.05, 3.63) is 0 Å². The van der Waals surface area contributed by atoms with E-state index in [0.29, 0.717) is 0 Å². The quantitative estimate of drug-likeness (QED) is 0.733.